The molecule has 2 rings (SSSR count). The summed E-state index contributed by atoms with van der Waals surface area (Å²) in [5.41, 5.74) is 3.51. The number of hydrazine groups is 1. The molecule has 0 spiro atoms. The van der Waals surface area contributed by atoms with Crippen LogP contribution in [-0.2, 0) is 6.61 Å². The Morgan fingerprint density at radius 2 is 1.96 bits per heavy atom. The predicted molar refractivity (Wildman–Crippen MR) is 97.8 cm³/mol. The molecule has 0 saturated heterocycles. The summed E-state index contributed by atoms with van der Waals surface area (Å²) in [6.07, 6.45) is 0. The predicted octanol–water partition coefficient (Wildman–Crippen LogP) is 3.53. The molecule has 2 aromatic rings. The van der Waals surface area contributed by atoms with E-state index < -0.39 is 0 Å². The summed E-state index contributed by atoms with van der Waals surface area (Å²) in [6, 6.07) is 10.7. The van der Waals surface area contributed by atoms with Gasteiger partial charge in [-0.2, -0.15) is 0 Å². The van der Waals surface area contributed by atoms with Gasteiger partial charge >= 0.3 is 0 Å². The van der Waals surface area contributed by atoms with Gasteiger partial charge in [0.05, 0.1) is 10.2 Å². The molecule has 122 valence electrons. The van der Waals surface area contributed by atoms with Crippen LogP contribution in [0.15, 0.2) is 36.4 Å². The Morgan fingerprint density at radius 1 is 1.26 bits per heavy atom. The van der Waals surface area contributed by atoms with Crippen LogP contribution in [0.3, 0.4) is 0 Å². The van der Waals surface area contributed by atoms with E-state index in [0.717, 1.165) is 9.13 Å². The first-order chi connectivity index (χ1) is 11.0. The fraction of sp³-hybridized carbons (Fsp3) is 0.188. The van der Waals surface area contributed by atoms with Crippen LogP contribution in [0.4, 0.5) is 0 Å². The van der Waals surface area contributed by atoms with Crippen LogP contribution in [0.25, 0.3) is 0 Å². The maximum Gasteiger partial charge on any atom is 0.265 e. The zero-order valence-electron chi connectivity index (χ0n) is 12.4. The molecule has 0 aliphatic heterocycles. The van der Waals surface area contributed by atoms with E-state index in [1.807, 2.05) is 31.2 Å². The van der Waals surface area contributed by atoms with E-state index in [4.69, 9.17) is 26.9 Å². The van der Waals surface area contributed by atoms with Crippen LogP contribution in [0.1, 0.15) is 22.8 Å². The topological polar surface area (TPSA) is 73.6 Å². The minimum absolute atomic E-state index is 0.371. The van der Waals surface area contributed by atoms with E-state index in [0.29, 0.717) is 35.3 Å². The minimum atomic E-state index is -0.381. The lowest BCUT2D eigenvalue weighted by atomic mass is 10.2. The zero-order valence-corrected chi connectivity index (χ0v) is 15.3. The molecule has 0 saturated carbocycles. The Morgan fingerprint density at radius 3 is 2.57 bits per heavy atom. The lowest BCUT2D eigenvalue weighted by Crippen LogP contribution is -2.30. The molecule has 23 heavy (non-hydrogen) atoms. The molecule has 0 heterocycles. The standard InChI is InChI=1S/C16H16ClIN2O3/c1-2-22-14-8-11(16(21)20-19)7-13(18)15(14)23-9-10-3-5-12(17)6-4-10/h3-8H,2,9,19H2,1H3,(H,20,21). The summed E-state index contributed by atoms with van der Waals surface area (Å²) in [6.45, 7) is 2.70. The van der Waals surface area contributed by atoms with E-state index in [1.165, 1.54) is 0 Å². The summed E-state index contributed by atoms with van der Waals surface area (Å²) in [4.78, 5) is 11.7. The van der Waals surface area contributed by atoms with Crippen LogP contribution < -0.4 is 20.7 Å². The Labute approximate surface area is 153 Å². The van der Waals surface area contributed by atoms with Crippen LogP contribution in [-0.4, -0.2) is 12.5 Å². The van der Waals surface area contributed by atoms with E-state index in [-0.39, 0.29) is 5.91 Å². The number of nitrogen functional groups attached to an aromatic ring is 1. The molecule has 0 fully saturated rings. The van der Waals surface area contributed by atoms with E-state index in [9.17, 15) is 4.79 Å². The van der Waals surface area contributed by atoms with Crippen molar-refractivity contribution in [1.82, 2.24) is 5.43 Å². The highest BCUT2D eigenvalue weighted by Gasteiger charge is 2.15. The fourth-order valence-electron chi connectivity index (χ4n) is 1.92. The third-order valence-electron chi connectivity index (χ3n) is 3.00. The summed E-state index contributed by atoms with van der Waals surface area (Å²) in [5, 5.41) is 0.676. The average molecular weight is 447 g/mol. The highest BCUT2D eigenvalue weighted by Crippen LogP contribution is 2.35. The SMILES string of the molecule is CCOc1cc(C(=O)NN)cc(I)c1OCc1ccc(Cl)cc1. The van der Waals surface area contributed by atoms with Crippen molar-refractivity contribution in [2.45, 2.75) is 13.5 Å². The van der Waals surface area contributed by atoms with Gasteiger partial charge in [0.2, 0.25) is 0 Å². The minimum Gasteiger partial charge on any atom is -0.490 e. The molecule has 1 amide bonds. The molecule has 0 radical (unpaired) electrons. The molecule has 3 N–H and O–H groups in total. The first-order valence-corrected chi connectivity index (χ1v) is 8.35. The maximum atomic E-state index is 11.7. The molecule has 0 aromatic heterocycles. The van der Waals surface area contributed by atoms with Gasteiger partial charge in [0.1, 0.15) is 6.61 Å². The van der Waals surface area contributed by atoms with Crippen molar-refractivity contribution in [3.8, 4) is 11.5 Å². The number of nitrogens with two attached hydrogens (primary N) is 1. The van der Waals surface area contributed by atoms with Crippen molar-refractivity contribution in [2.24, 2.45) is 5.84 Å². The number of carbonyl (C=O) groups excluding carboxylic acids is 1. The highest BCUT2D eigenvalue weighted by molar-refractivity contribution is 14.1. The van der Waals surface area contributed by atoms with E-state index in [1.54, 1.807) is 12.1 Å². The van der Waals surface area contributed by atoms with Gasteiger partial charge in [-0.1, -0.05) is 23.7 Å². The molecule has 0 unspecified atom stereocenters. The number of hydrogen-bond acceptors (Lipinski definition) is 4. The van der Waals surface area contributed by atoms with Gasteiger partial charge in [0.25, 0.3) is 5.91 Å². The van der Waals surface area contributed by atoms with Crippen LogP contribution in [0, 0.1) is 3.57 Å². The summed E-state index contributed by atoms with van der Waals surface area (Å²) >= 11 is 7.97. The Balaban J connectivity index is 2.25. The first kappa shape index (κ1) is 17.8. The van der Waals surface area contributed by atoms with Crippen LogP contribution >= 0.6 is 34.2 Å². The van der Waals surface area contributed by atoms with E-state index in [2.05, 4.69) is 28.0 Å². The molecule has 7 heteroatoms. The number of rotatable bonds is 6. The molecule has 5 nitrogen and oxygen atoms in total. The largest absolute Gasteiger partial charge is 0.490 e. The van der Waals surface area contributed by atoms with Gasteiger partial charge in [-0.3, -0.25) is 10.2 Å². The number of carbonyl (C=O) groups is 1. The summed E-state index contributed by atoms with van der Waals surface area (Å²) in [7, 11) is 0. The molecular weight excluding hydrogens is 431 g/mol. The van der Waals surface area contributed by atoms with Gasteiger partial charge < -0.3 is 9.47 Å². The monoisotopic (exact) mass is 446 g/mol. The Kier molecular flexibility index (Phi) is 6.49. The van der Waals surface area contributed by atoms with Gasteiger partial charge in [-0.15, -0.1) is 0 Å². The second kappa shape index (κ2) is 8.37. The number of benzene rings is 2. The average Bonchev–Trinajstić information content (AvgIpc) is 2.55. The quantitative estimate of drug-likeness (QED) is 0.308. The molecule has 0 bridgehead atoms. The van der Waals surface area contributed by atoms with Gasteiger partial charge in [0.15, 0.2) is 11.5 Å². The van der Waals surface area contributed by atoms with Crippen molar-refractivity contribution in [2.75, 3.05) is 6.61 Å². The van der Waals surface area contributed by atoms with E-state index >= 15 is 0 Å². The van der Waals surface area contributed by atoms with Crippen LogP contribution in [0.2, 0.25) is 5.02 Å². The van der Waals surface area contributed by atoms with Crippen molar-refractivity contribution < 1.29 is 14.3 Å². The Bertz CT molecular complexity index is 692. The van der Waals surface area contributed by atoms with Gasteiger partial charge in [0, 0.05) is 10.6 Å². The Hall–Kier alpha value is -1.51. The third-order valence-corrected chi connectivity index (χ3v) is 4.05. The fourth-order valence-corrected chi connectivity index (χ4v) is 2.80. The van der Waals surface area contributed by atoms with Crippen molar-refractivity contribution in [1.29, 1.82) is 0 Å². The van der Waals surface area contributed by atoms with Crippen molar-refractivity contribution >= 4 is 40.1 Å². The number of ether oxygens (including phenoxy) is 2. The number of hydrogen-bond donors (Lipinski definition) is 2. The molecule has 0 aliphatic rings. The van der Waals surface area contributed by atoms with Gasteiger partial charge in [-0.25, -0.2) is 5.84 Å². The number of amides is 1. The summed E-state index contributed by atoms with van der Waals surface area (Å²) in [5.74, 6) is 5.90. The summed E-state index contributed by atoms with van der Waals surface area (Å²) < 4.78 is 12.2. The third kappa shape index (κ3) is 4.73. The zero-order chi connectivity index (χ0) is 16.8. The van der Waals surface area contributed by atoms with Crippen molar-refractivity contribution in [3.05, 3.63) is 56.1 Å². The van der Waals surface area contributed by atoms with Crippen molar-refractivity contribution in [3.63, 3.8) is 0 Å². The molecular formula is C16H16ClIN2O3. The van der Waals surface area contributed by atoms with Gasteiger partial charge in [-0.05, 0) is 59.3 Å². The smallest absolute Gasteiger partial charge is 0.265 e. The molecule has 0 aliphatic carbocycles. The second-order valence-electron chi connectivity index (χ2n) is 4.61. The number of halogens is 2. The molecule has 0 atom stereocenters. The highest BCUT2D eigenvalue weighted by atomic mass is 127. The second-order valence-corrected chi connectivity index (χ2v) is 6.21. The number of nitrogens with one attached hydrogen (secondary N) is 1. The first-order valence-electron chi connectivity index (χ1n) is 6.89. The van der Waals surface area contributed by atoms with Crippen LogP contribution in [0.5, 0.6) is 11.5 Å². The lowest BCUT2D eigenvalue weighted by Gasteiger charge is -2.15. The lowest BCUT2D eigenvalue weighted by molar-refractivity contribution is 0.0953. The molecule has 2 aromatic carbocycles. The maximum absolute atomic E-state index is 11.7. The normalized spacial score (nSPS) is 10.3.